The van der Waals surface area contributed by atoms with E-state index in [1.54, 1.807) is 6.26 Å². The lowest BCUT2D eigenvalue weighted by molar-refractivity contribution is 0.144. The van der Waals surface area contributed by atoms with Crippen molar-refractivity contribution in [1.29, 1.82) is 0 Å². The van der Waals surface area contributed by atoms with Crippen LogP contribution in [0, 0.1) is 0 Å². The Morgan fingerprint density at radius 2 is 2.19 bits per heavy atom. The SMILES string of the molecule is CC(C)=NOCCC[Si](C)(C)c1ccco1. The van der Waals surface area contributed by atoms with E-state index in [9.17, 15) is 0 Å². The molecule has 0 aromatic carbocycles. The molecule has 0 radical (unpaired) electrons. The predicted octanol–water partition coefficient (Wildman–Crippen LogP) is 3.00. The number of nitrogens with zero attached hydrogens (tertiary/aromatic N) is 1. The molecule has 0 aliphatic rings. The molecule has 0 unspecified atom stereocenters. The van der Waals surface area contributed by atoms with Crippen LogP contribution in [0.4, 0.5) is 0 Å². The molecular weight excluding hydrogens is 218 g/mol. The molecule has 0 atom stereocenters. The maximum absolute atomic E-state index is 5.49. The van der Waals surface area contributed by atoms with Crippen molar-refractivity contribution in [2.45, 2.75) is 39.4 Å². The summed E-state index contributed by atoms with van der Waals surface area (Å²) in [5, 5.41) is 5.08. The highest BCUT2D eigenvalue weighted by molar-refractivity contribution is 6.88. The van der Waals surface area contributed by atoms with Gasteiger partial charge in [-0.25, -0.2) is 0 Å². The monoisotopic (exact) mass is 239 g/mol. The molecule has 1 rings (SSSR count). The summed E-state index contributed by atoms with van der Waals surface area (Å²) in [6.45, 7) is 9.20. The Morgan fingerprint density at radius 3 is 2.75 bits per heavy atom. The van der Waals surface area contributed by atoms with Gasteiger partial charge in [0.15, 0.2) is 0 Å². The van der Waals surface area contributed by atoms with E-state index in [1.807, 2.05) is 19.9 Å². The van der Waals surface area contributed by atoms with Crippen molar-refractivity contribution in [2.24, 2.45) is 5.16 Å². The molecule has 0 aliphatic heterocycles. The number of hydrogen-bond acceptors (Lipinski definition) is 3. The molecule has 16 heavy (non-hydrogen) atoms. The minimum Gasteiger partial charge on any atom is -0.475 e. The molecule has 1 aromatic heterocycles. The Kier molecular flexibility index (Phi) is 4.80. The van der Waals surface area contributed by atoms with Crippen molar-refractivity contribution in [1.82, 2.24) is 0 Å². The van der Waals surface area contributed by atoms with Crippen LogP contribution >= 0.6 is 0 Å². The fourth-order valence-electron chi connectivity index (χ4n) is 1.54. The summed E-state index contributed by atoms with van der Waals surface area (Å²) < 4.78 is 5.49. The topological polar surface area (TPSA) is 34.7 Å². The highest BCUT2D eigenvalue weighted by Crippen LogP contribution is 2.12. The summed E-state index contributed by atoms with van der Waals surface area (Å²) in [7, 11) is -1.40. The van der Waals surface area contributed by atoms with E-state index in [1.165, 1.54) is 11.4 Å². The first kappa shape index (κ1) is 13.0. The minimum absolute atomic E-state index is 0.697. The Balaban J connectivity index is 2.29. The van der Waals surface area contributed by atoms with Crippen LogP contribution in [0.3, 0.4) is 0 Å². The quantitative estimate of drug-likeness (QED) is 0.331. The van der Waals surface area contributed by atoms with Crippen LogP contribution in [0.1, 0.15) is 20.3 Å². The highest BCUT2D eigenvalue weighted by Gasteiger charge is 2.25. The first-order valence-electron chi connectivity index (χ1n) is 5.69. The van der Waals surface area contributed by atoms with E-state index in [-0.39, 0.29) is 0 Å². The summed E-state index contributed by atoms with van der Waals surface area (Å²) in [4.78, 5) is 5.19. The first-order valence-corrected chi connectivity index (χ1v) is 8.90. The fourth-order valence-corrected chi connectivity index (χ4v) is 3.75. The average molecular weight is 239 g/mol. The molecule has 0 spiro atoms. The van der Waals surface area contributed by atoms with E-state index in [0.29, 0.717) is 6.61 Å². The van der Waals surface area contributed by atoms with Crippen molar-refractivity contribution in [3.05, 3.63) is 18.4 Å². The van der Waals surface area contributed by atoms with Gasteiger partial charge in [-0.2, -0.15) is 0 Å². The summed E-state index contributed by atoms with van der Waals surface area (Å²) in [6.07, 6.45) is 2.79. The van der Waals surface area contributed by atoms with Crippen LogP contribution < -0.4 is 5.38 Å². The van der Waals surface area contributed by atoms with E-state index >= 15 is 0 Å². The van der Waals surface area contributed by atoms with Crippen LogP contribution in [0.25, 0.3) is 0 Å². The van der Waals surface area contributed by atoms with Crippen LogP contribution in [0.5, 0.6) is 0 Å². The van der Waals surface area contributed by atoms with Gasteiger partial charge in [-0.15, -0.1) is 0 Å². The third-order valence-corrected chi connectivity index (χ3v) is 5.69. The van der Waals surface area contributed by atoms with Crippen molar-refractivity contribution in [3.63, 3.8) is 0 Å². The highest BCUT2D eigenvalue weighted by atomic mass is 28.3. The van der Waals surface area contributed by atoms with Gasteiger partial charge < -0.3 is 9.25 Å². The summed E-state index contributed by atoms with van der Waals surface area (Å²) in [6, 6.07) is 5.21. The van der Waals surface area contributed by atoms with Gasteiger partial charge >= 0.3 is 0 Å². The zero-order valence-electron chi connectivity index (χ0n) is 10.6. The van der Waals surface area contributed by atoms with E-state index in [4.69, 9.17) is 9.25 Å². The third-order valence-electron chi connectivity index (χ3n) is 2.47. The van der Waals surface area contributed by atoms with Gasteiger partial charge in [-0.1, -0.05) is 18.2 Å². The van der Waals surface area contributed by atoms with Gasteiger partial charge in [0.05, 0.1) is 17.4 Å². The zero-order chi connectivity index (χ0) is 12.0. The van der Waals surface area contributed by atoms with Gasteiger partial charge in [0.25, 0.3) is 0 Å². The lowest BCUT2D eigenvalue weighted by atomic mass is 10.5. The number of rotatable bonds is 6. The smallest absolute Gasteiger partial charge is 0.126 e. The lowest BCUT2D eigenvalue weighted by Crippen LogP contribution is -2.40. The van der Waals surface area contributed by atoms with Crippen molar-refractivity contribution in [3.8, 4) is 0 Å². The largest absolute Gasteiger partial charge is 0.475 e. The van der Waals surface area contributed by atoms with Gasteiger partial charge in [-0.05, 0) is 38.4 Å². The Hall–Kier alpha value is -1.03. The number of furan rings is 1. The molecule has 0 amide bonds. The maximum Gasteiger partial charge on any atom is 0.126 e. The molecule has 1 heterocycles. The van der Waals surface area contributed by atoms with Gasteiger partial charge in [-0.3, -0.25) is 0 Å². The Bertz CT molecular complexity index is 327. The first-order chi connectivity index (χ1) is 7.52. The van der Waals surface area contributed by atoms with Crippen molar-refractivity contribution in [2.75, 3.05) is 6.61 Å². The van der Waals surface area contributed by atoms with Crippen molar-refractivity contribution < 1.29 is 9.25 Å². The van der Waals surface area contributed by atoms with E-state index in [0.717, 1.165) is 12.1 Å². The second-order valence-corrected chi connectivity index (χ2v) is 9.60. The average Bonchev–Trinajstić information content (AvgIpc) is 2.69. The number of hydrogen-bond donors (Lipinski definition) is 0. The lowest BCUT2D eigenvalue weighted by Gasteiger charge is -2.18. The normalized spacial score (nSPS) is 11.2. The molecule has 0 bridgehead atoms. The number of oxime groups is 1. The standard InChI is InChI=1S/C12H21NO2Si/c1-11(2)13-15-9-6-10-16(3,4)12-7-5-8-14-12/h5,7-8H,6,9-10H2,1-4H3. The second-order valence-electron chi connectivity index (χ2n) is 4.84. The van der Waals surface area contributed by atoms with Gasteiger partial charge in [0, 0.05) is 0 Å². The maximum atomic E-state index is 5.49. The summed E-state index contributed by atoms with van der Waals surface area (Å²) >= 11 is 0. The zero-order valence-corrected chi connectivity index (χ0v) is 11.6. The van der Waals surface area contributed by atoms with Gasteiger partial charge in [0.1, 0.15) is 14.7 Å². The van der Waals surface area contributed by atoms with Gasteiger partial charge in [0.2, 0.25) is 0 Å². The molecule has 4 heteroatoms. The molecule has 90 valence electrons. The van der Waals surface area contributed by atoms with Crippen LogP contribution in [0.2, 0.25) is 19.1 Å². The molecule has 1 aromatic rings. The Morgan fingerprint density at radius 1 is 1.44 bits per heavy atom. The Labute approximate surface area is 98.5 Å². The second kappa shape index (κ2) is 5.89. The summed E-state index contributed by atoms with van der Waals surface area (Å²) in [5.74, 6) is 0. The van der Waals surface area contributed by atoms with Crippen LogP contribution in [-0.4, -0.2) is 20.4 Å². The third kappa shape index (κ3) is 4.22. The molecule has 0 fully saturated rings. The molecule has 3 nitrogen and oxygen atoms in total. The van der Waals surface area contributed by atoms with Crippen LogP contribution in [0.15, 0.2) is 28.0 Å². The van der Waals surface area contributed by atoms with E-state index in [2.05, 4.69) is 24.3 Å². The summed E-state index contributed by atoms with van der Waals surface area (Å²) in [5.41, 5.74) is 0.961. The minimum atomic E-state index is -1.40. The molecule has 0 N–H and O–H groups in total. The molecular formula is C12H21NO2Si. The molecule has 0 saturated heterocycles. The van der Waals surface area contributed by atoms with Crippen LogP contribution in [-0.2, 0) is 4.84 Å². The fraction of sp³-hybridized carbons (Fsp3) is 0.583. The predicted molar refractivity (Wildman–Crippen MR) is 70.0 cm³/mol. The van der Waals surface area contributed by atoms with Crippen molar-refractivity contribution >= 4 is 19.2 Å². The van der Waals surface area contributed by atoms with E-state index < -0.39 is 8.07 Å². The molecule has 0 aliphatic carbocycles. The molecule has 0 saturated carbocycles.